The molecule has 0 saturated heterocycles. The average molecular weight is 534 g/mol. The molecule has 0 aliphatic heterocycles. The predicted molar refractivity (Wildman–Crippen MR) is 142 cm³/mol. The SMILES string of the molecule is [2H]C([2H])([2H])Oc1cc(CC(C)(C)C)ccc1-n1c(CC)nc(C(=O)NCC2(O)CCC(S(C)(=O)=O)CC2)c1C#N. The zero-order valence-corrected chi connectivity index (χ0v) is 22.9. The highest BCUT2D eigenvalue weighted by Crippen LogP contribution is 2.33. The molecule has 1 aromatic heterocycles. The zero-order valence-electron chi connectivity index (χ0n) is 25.1. The van der Waals surface area contributed by atoms with Crippen molar-refractivity contribution in [3.63, 3.8) is 0 Å². The summed E-state index contributed by atoms with van der Waals surface area (Å²) in [7, 11) is -5.96. The highest BCUT2D eigenvalue weighted by molar-refractivity contribution is 7.91. The van der Waals surface area contributed by atoms with Crippen LogP contribution in [-0.4, -0.2) is 59.7 Å². The van der Waals surface area contributed by atoms with Gasteiger partial charge in [0.25, 0.3) is 5.91 Å². The Balaban J connectivity index is 1.95. The molecule has 1 saturated carbocycles. The van der Waals surface area contributed by atoms with E-state index >= 15 is 0 Å². The highest BCUT2D eigenvalue weighted by Gasteiger charge is 2.37. The third-order valence-corrected chi connectivity index (χ3v) is 8.42. The summed E-state index contributed by atoms with van der Waals surface area (Å²) in [6.07, 6.45) is 3.17. The number of nitriles is 1. The quantitative estimate of drug-likeness (QED) is 0.531. The number of rotatable bonds is 8. The van der Waals surface area contributed by atoms with Crippen molar-refractivity contribution in [2.24, 2.45) is 5.41 Å². The number of aliphatic hydroxyl groups is 1. The zero-order chi connectivity index (χ0) is 30.1. The highest BCUT2D eigenvalue weighted by atomic mass is 32.2. The van der Waals surface area contributed by atoms with E-state index in [1.807, 2.05) is 12.1 Å². The van der Waals surface area contributed by atoms with E-state index < -0.39 is 33.6 Å². The summed E-state index contributed by atoms with van der Waals surface area (Å²) in [6, 6.07) is 7.15. The number of hydrogen-bond acceptors (Lipinski definition) is 7. The number of ether oxygens (including phenoxy) is 1. The van der Waals surface area contributed by atoms with Gasteiger partial charge in [0, 0.05) is 19.2 Å². The van der Waals surface area contributed by atoms with Crippen molar-refractivity contribution in [1.82, 2.24) is 14.9 Å². The number of amides is 1. The fourth-order valence-electron chi connectivity index (χ4n) is 4.83. The molecular formula is C27H38N4O5S. The first-order valence-corrected chi connectivity index (χ1v) is 14.3. The van der Waals surface area contributed by atoms with Crippen LogP contribution in [0.1, 0.15) is 85.1 Å². The normalized spacial score (nSPS) is 21.9. The van der Waals surface area contributed by atoms with Crippen LogP contribution in [0.15, 0.2) is 18.2 Å². The van der Waals surface area contributed by atoms with Gasteiger partial charge in [0.05, 0.1) is 27.7 Å². The largest absolute Gasteiger partial charge is 0.495 e. The molecule has 1 heterocycles. The van der Waals surface area contributed by atoms with Gasteiger partial charge < -0.3 is 15.2 Å². The molecule has 9 nitrogen and oxygen atoms in total. The summed E-state index contributed by atoms with van der Waals surface area (Å²) < 4.78 is 53.5. The van der Waals surface area contributed by atoms with Gasteiger partial charge in [-0.1, -0.05) is 33.8 Å². The third kappa shape index (κ3) is 6.70. The van der Waals surface area contributed by atoms with E-state index in [9.17, 15) is 23.6 Å². The van der Waals surface area contributed by atoms with Crippen LogP contribution in [0.4, 0.5) is 0 Å². The van der Waals surface area contributed by atoms with E-state index in [1.165, 1.54) is 10.8 Å². The molecule has 1 aromatic carbocycles. The molecule has 3 rings (SSSR count). The van der Waals surface area contributed by atoms with Crippen LogP contribution in [0.25, 0.3) is 5.69 Å². The lowest BCUT2D eigenvalue weighted by molar-refractivity contribution is 0.00606. The van der Waals surface area contributed by atoms with Crippen molar-refractivity contribution >= 4 is 15.7 Å². The van der Waals surface area contributed by atoms with Crippen LogP contribution < -0.4 is 10.1 Å². The van der Waals surface area contributed by atoms with Gasteiger partial charge in [0.1, 0.15) is 27.5 Å². The Hall–Kier alpha value is -2.90. The summed E-state index contributed by atoms with van der Waals surface area (Å²) in [5.41, 5.74) is -0.481. The maximum Gasteiger partial charge on any atom is 0.273 e. The maximum absolute atomic E-state index is 13.2. The Morgan fingerprint density at radius 2 is 2.05 bits per heavy atom. The number of carbonyl (C=O) groups is 1. The van der Waals surface area contributed by atoms with E-state index in [1.54, 1.807) is 19.1 Å². The second-order valence-corrected chi connectivity index (χ2v) is 13.4. The maximum atomic E-state index is 13.2. The molecule has 2 aromatic rings. The number of aryl methyl sites for hydroxylation is 1. The van der Waals surface area contributed by atoms with Gasteiger partial charge >= 0.3 is 0 Å². The lowest BCUT2D eigenvalue weighted by Crippen LogP contribution is -2.47. The van der Waals surface area contributed by atoms with Crippen LogP contribution >= 0.6 is 0 Å². The topological polar surface area (TPSA) is 134 Å². The van der Waals surface area contributed by atoms with E-state index in [4.69, 9.17) is 8.85 Å². The smallest absolute Gasteiger partial charge is 0.273 e. The number of benzene rings is 1. The second kappa shape index (κ2) is 10.8. The van der Waals surface area contributed by atoms with Gasteiger partial charge in [-0.3, -0.25) is 9.36 Å². The molecule has 1 aliphatic rings. The molecule has 37 heavy (non-hydrogen) atoms. The number of imidazole rings is 1. The Morgan fingerprint density at radius 1 is 1.38 bits per heavy atom. The first-order chi connectivity index (χ1) is 18.4. The molecule has 2 N–H and O–H groups in total. The molecular weight excluding hydrogens is 492 g/mol. The van der Waals surface area contributed by atoms with Gasteiger partial charge in [-0.15, -0.1) is 0 Å². The van der Waals surface area contributed by atoms with Crippen molar-refractivity contribution in [1.29, 1.82) is 5.26 Å². The van der Waals surface area contributed by atoms with Gasteiger partial charge in [-0.25, -0.2) is 13.4 Å². The molecule has 10 heteroatoms. The van der Waals surface area contributed by atoms with E-state index in [0.29, 0.717) is 31.5 Å². The van der Waals surface area contributed by atoms with E-state index in [-0.39, 0.29) is 47.6 Å². The standard InChI is InChI=1S/C27H38N4O5S/c1-7-23-30-24(25(32)29-17-27(33)12-10-19(11-13-27)37(6,34)35)21(16-28)31(23)20-9-8-18(14-22(20)36-5)15-26(2,3)4/h8-9,14,19,33H,7,10-13,15,17H2,1-6H3,(H,29,32)/i5D3. The monoisotopic (exact) mass is 533 g/mol. The van der Waals surface area contributed by atoms with Crippen molar-refractivity contribution < 1.29 is 27.2 Å². The van der Waals surface area contributed by atoms with Crippen LogP contribution in [-0.2, 0) is 22.7 Å². The Bertz CT molecular complexity index is 1400. The summed E-state index contributed by atoms with van der Waals surface area (Å²) in [5.74, 6) is -0.284. The van der Waals surface area contributed by atoms with Crippen molar-refractivity contribution in [3.8, 4) is 17.5 Å². The predicted octanol–water partition coefficient (Wildman–Crippen LogP) is 3.35. The number of sulfone groups is 1. The molecule has 0 spiro atoms. The number of nitrogens with one attached hydrogen (secondary N) is 1. The Morgan fingerprint density at radius 3 is 2.59 bits per heavy atom. The molecule has 1 amide bonds. The Kier molecular flexibility index (Phi) is 7.16. The summed E-state index contributed by atoms with van der Waals surface area (Å²) in [6.45, 7) is 7.84. The molecule has 0 bridgehead atoms. The number of carbonyl (C=O) groups excluding carboxylic acids is 1. The molecule has 0 radical (unpaired) electrons. The summed E-state index contributed by atoms with van der Waals surface area (Å²) in [4.78, 5) is 17.6. The number of hydrogen-bond donors (Lipinski definition) is 2. The van der Waals surface area contributed by atoms with Crippen molar-refractivity contribution in [3.05, 3.63) is 41.0 Å². The molecule has 202 valence electrons. The minimum absolute atomic E-state index is 0.0363. The Labute approximate surface area is 224 Å². The third-order valence-electron chi connectivity index (χ3n) is 6.74. The summed E-state index contributed by atoms with van der Waals surface area (Å²) in [5, 5.41) is 23.2. The van der Waals surface area contributed by atoms with Crippen LogP contribution in [0.3, 0.4) is 0 Å². The first-order valence-electron chi connectivity index (χ1n) is 13.9. The van der Waals surface area contributed by atoms with Crippen LogP contribution in [0.5, 0.6) is 5.75 Å². The lowest BCUT2D eigenvalue weighted by Gasteiger charge is -2.35. The molecule has 1 aliphatic carbocycles. The van der Waals surface area contributed by atoms with Crippen molar-refractivity contribution in [2.45, 2.75) is 77.1 Å². The van der Waals surface area contributed by atoms with Gasteiger partial charge in [-0.2, -0.15) is 5.26 Å². The van der Waals surface area contributed by atoms with Gasteiger partial charge in [0.15, 0.2) is 11.4 Å². The molecule has 1 fully saturated rings. The minimum atomic E-state index is -3.21. The average Bonchev–Trinajstić information content (AvgIpc) is 3.19. The van der Waals surface area contributed by atoms with Gasteiger partial charge in [0.2, 0.25) is 0 Å². The second-order valence-electron chi connectivity index (χ2n) is 11.1. The van der Waals surface area contributed by atoms with Crippen LogP contribution in [0, 0.1) is 16.7 Å². The van der Waals surface area contributed by atoms with Gasteiger partial charge in [-0.05, 0) is 55.2 Å². The van der Waals surface area contributed by atoms with E-state index in [0.717, 1.165) is 5.56 Å². The van der Waals surface area contributed by atoms with Crippen molar-refractivity contribution in [2.75, 3.05) is 19.8 Å². The summed E-state index contributed by atoms with van der Waals surface area (Å²) >= 11 is 0. The number of nitrogens with zero attached hydrogens (tertiary/aromatic N) is 3. The number of aromatic nitrogens is 2. The minimum Gasteiger partial charge on any atom is -0.495 e. The fraction of sp³-hybridized carbons (Fsp3) is 0.593. The number of methoxy groups -OCH3 is 1. The van der Waals surface area contributed by atoms with E-state index in [2.05, 4.69) is 31.1 Å². The lowest BCUT2D eigenvalue weighted by atomic mass is 9.84. The van der Waals surface area contributed by atoms with Crippen LogP contribution in [0.2, 0.25) is 0 Å². The molecule has 0 unspecified atom stereocenters. The fourth-order valence-corrected chi connectivity index (χ4v) is 5.93. The molecule has 0 atom stereocenters. The first kappa shape index (κ1) is 24.4.